The van der Waals surface area contributed by atoms with E-state index in [0.29, 0.717) is 12.5 Å². The van der Waals surface area contributed by atoms with Crippen molar-refractivity contribution in [2.24, 2.45) is 0 Å². The van der Waals surface area contributed by atoms with Crippen LogP contribution in [0, 0.1) is 0 Å². The molecule has 0 radical (unpaired) electrons. The highest BCUT2D eigenvalue weighted by Crippen LogP contribution is 2.17. The smallest absolute Gasteiger partial charge is 0.320 e. The number of rotatable bonds is 5. The van der Waals surface area contributed by atoms with Crippen molar-refractivity contribution in [2.45, 2.75) is 38.3 Å². The number of hydrogen-bond donors (Lipinski definition) is 2. The zero-order valence-corrected chi connectivity index (χ0v) is 11.2. The van der Waals surface area contributed by atoms with E-state index in [4.69, 9.17) is 5.11 Å². The van der Waals surface area contributed by atoms with Crippen molar-refractivity contribution < 1.29 is 9.90 Å². The number of nitrogens with one attached hydrogen (secondary N) is 1. The molecule has 2 N–H and O–H groups in total. The summed E-state index contributed by atoms with van der Waals surface area (Å²) in [5.74, 6) is 0.251. The first-order valence-corrected chi connectivity index (χ1v) is 6.85. The van der Waals surface area contributed by atoms with Crippen LogP contribution in [0.25, 0.3) is 0 Å². The molecule has 1 aromatic heterocycles. The summed E-state index contributed by atoms with van der Waals surface area (Å²) in [6.45, 7) is 3.74. The molecule has 0 aromatic carbocycles. The highest BCUT2D eigenvalue weighted by Gasteiger charge is 2.24. The minimum atomic E-state index is -0.755. The molecule has 1 aliphatic heterocycles. The van der Waals surface area contributed by atoms with Crippen molar-refractivity contribution in [3.63, 3.8) is 0 Å². The molecule has 1 aromatic rings. The summed E-state index contributed by atoms with van der Waals surface area (Å²) in [5.41, 5.74) is 0. The first-order chi connectivity index (χ1) is 9.20. The fraction of sp³-hybridized carbons (Fsp3) is 0.571. The van der Waals surface area contributed by atoms with Crippen LogP contribution in [0.1, 0.15) is 26.2 Å². The van der Waals surface area contributed by atoms with Crippen molar-refractivity contribution in [3.8, 4) is 0 Å². The van der Waals surface area contributed by atoms with E-state index < -0.39 is 12.0 Å². The second-order valence-corrected chi connectivity index (χ2v) is 4.91. The van der Waals surface area contributed by atoms with Crippen LogP contribution >= 0.6 is 0 Å². The first kappa shape index (κ1) is 13.8. The Morgan fingerprint density at radius 2 is 2.26 bits per heavy atom. The number of aliphatic carboxylic acids is 1. The van der Waals surface area contributed by atoms with E-state index in [-0.39, 0.29) is 0 Å². The summed E-state index contributed by atoms with van der Waals surface area (Å²) in [6.07, 6.45) is 4.34. The average Bonchev–Trinajstić information content (AvgIpc) is 2.46. The number of hydrogen-bond acceptors (Lipinski definition) is 4. The number of carboxylic acids is 1. The van der Waals surface area contributed by atoms with Gasteiger partial charge in [0.05, 0.1) is 0 Å². The number of aromatic nitrogens is 1. The molecule has 0 aliphatic carbocycles. The summed E-state index contributed by atoms with van der Waals surface area (Å²) in [7, 11) is 0. The second-order valence-electron chi connectivity index (χ2n) is 4.91. The first-order valence-electron chi connectivity index (χ1n) is 6.85. The van der Waals surface area contributed by atoms with Crippen LogP contribution in [0.4, 0.5) is 5.82 Å². The maximum absolute atomic E-state index is 11.0. The zero-order valence-electron chi connectivity index (χ0n) is 11.2. The molecule has 0 amide bonds. The molecule has 2 heterocycles. The quantitative estimate of drug-likeness (QED) is 0.843. The number of carbonyl (C=O) groups is 1. The minimum absolute atomic E-state index is 0.293. The number of carboxylic acid groups (broad SMARTS) is 1. The van der Waals surface area contributed by atoms with Crippen LogP contribution in [0.5, 0.6) is 0 Å². The van der Waals surface area contributed by atoms with Gasteiger partial charge in [0.15, 0.2) is 0 Å². The Kier molecular flexibility index (Phi) is 4.74. The molecule has 5 nitrogen and oxygen atoms in total. The van der Waals surface area contributed by atoms with Crippen LogP contribution < -0.4 is 10.2 Å². The molecule has 5 heteroatoms. The lowest BCUT2D eigenvalue weighted by molar-refractivity contribution is -0.139. The normalized spacial score (nSPS) is 18.3. The summed E-state index contributed by atoms with van der Waals surface area (Å²) in [5, 5.41) is 12.3. The van der Waals surface area contributed by atoms with Crippen LogP contribution in [0.15, 0.2) is 24.4 Å². The molecular formula is C14H21N3O2. The molecule has 0 saturated carbocycles. The standard InChI is InChI=1S/C14H21N3O2/c1-2-12(14(18)19)16-11-6-9-17(10-7-11)13-5-3-4-8-15-13/h3-5,8,11-12,16H,2,6-7,9-10H2,1H3,(H,18,19). The van der Waals surface area contributed by atoms with Gasteiger partial charge in [0, 0.05) is 25.3 Å². The highest BCUT2D eigenvalue weighted by atomic mass is 16.4. The third-order valence-electron chi connectivity index (χ3n) is 3.61. The Morgan fingerprint density at radius 3 is 2.79 bits per heavy atom. The molecule has 1 fully saturated rings. The second kappa shape index (κ2) is 6.52. The monoisotopic (exact) mass is 263 g/mol. The Bertz CT molecular complexity index is 402. The number of pyridine rings is 1. The summed E-state index contributed by atoms with van der Waals surface area (Å²) >= 11 is 0. The van der Waals surface area contributed by atoms with Gasteiger partial charge in [-0.2, -0.15) is 0 Å². The number of piperidine rings is 1. The molecule has 0 spiro atoms. The van der Waals surface area contributed by atoms with E-state index in [1.54, 1.807) is 6.20 Å². The Balaban J connectivity index is 1.84. The van der Waals surface area contributed by atoms with Gasteiger partial charge in [-0.05, 0) is 31.4 Å². The molecule has 1 atom stereocenters. The molecule has 1 unspecified atom stereocenters. The van der Waals surface area contributed by atoms with Crippen molar-refractivity contribution in [1.29, 1.82) is 0 Å². The van der Waals surface area contributed by atoms with E-state index in [1.807, 2.05) is 25.1 Å². The zero-order chi connectivity index (χ0) is 13.7. The SMILES string of the molecule is CCC(NC1CCN(c2ccccn2)CC1)C(=O)O. The van der Waals surface area contributed by atoms with E-state index in [2.05, 4.69) is 15.2 Å². The van der Waals surface area contributed by atoms with Crippen LogP contribution in [-0.2, 0) is 4.79 Å². The molecule has 2 rings (SSSR count). The minimum Gasteiger partial charge on any atom is -0.480 e. The van der Waals surface area contributed by atoms with Crippen molar-refractivity contribution >= 4 is 11.8 Å². The van der Waals surface area contributed by atoms with Gasteiger partial charge in [-0.25, -0.2) is 4.98 Å². The third-order valence-corrected chi connectivity index (χ3v) is 3.61. The Hall–Kier alpha value is -1.62. The Labute approximate surface area is 113 Å². The van der Waals surface area contributed by atoms with Gasteiger partial charge in [-0.1, -0.05) is 13.0 Å². The molecule has 0 bridgehead atoms. The lowest BCUT2D eigenvalue weighted by Gasteiger charge is -2.34. The van der Waals surface area contributed by atoms with Gasteiger partial charge in [-0.15, -0.1) is 0 Å². The summed E-state index contributed by atoms with van der Waals surface area (Å²) in [6, 6.07) is 5.79. The summed E-state index contributed by atoms with van der Waals surface area (Å²) < 4.78 is 0. The van der Waals surface area contributed by atoms with Gasteiger partial charge < -0.3 is 15.3 Å². The fourth-order valence-corrected chi connectivity index (χ4v) is 2.46. The largest absolute Gasteiger partial charge is 0.480 e. The topological polar surface area (TPSA) is 65.5 Å². The molecule has 1 aliphatic rings. The maximum Gasteiger partial charge on any atom is 0.320 e. The fourth-order valence-electron chi connectivity index (χ4n) is 2.46. The summed E-state index contributed by atoms with van der Waals surface area (Å²) in [4.78, 5) is 17.6. The van der Waals surface area contributed by atoms with E-state index in [9.17, 15) is 4.79 Å². The van der Waals surface area contributed by atoms with Crippen molar-refractivity contribution in [1.82, 2.24) is 10.3 Å². The van der Waals surface area contributed by atoms with Gasteiger partial charge in [0.2, 0.25) is 0 Å². The maximum atomic E-state index is 11.0. The predicted octanol–water partition coefficient (Wildman–Crippen LogP) is 1.50. The average molecular weight is 263 g/mol. The molecule has 104 valence electrons. The lowest BCUT2D eigenvalue weighted by atomic mass is 10.0. The lowest BCUT2D eigenvalue weighted by Crippen LogP contribution is -2.48. The van der Waals surface area contributed by atoms with Crippen molar-refractivity contribution in [3.05, 3.63) is 24.4 Å². The van der Waals surface area contributed by atoms with Crippen LogP contribution in [0.2, 0.25) is 0 Å². The van der Waals surface area contributed by atoms with E-state index in [1.165, 1.54) is 0 Å². The van der Waals surface area contributed by atoms with Gasteiger partial charge in [-0.3, -0.25) is 4.79 Å². The van der Waals surface area contributed by atoms with Gasteiger partial charge in [0.25, 0.3) is 0 Å². The van der Waals surface area contributed by atoms with E-state index >= 15 is 0 Å². The number of nitrogens with zero attached hydrogens (tertiary/aromatic N) is 2. The number of anilines is 1. The Morgan fingerprint density at radius 1 is 1.53 bits per heavy atom. The van der Waals surface area contributed by atoms with Crippen LogP contribution in [-0.4, -0.2) is 41.2 Å². The van der Waals surface area contributed by atoms with Gasteiger partial charge >= 0.3 is 5.97 Å². The van der Waals surface area contributed by atoms with Crippen molar-refractivity contribution in [2.75, 3.05) is 18.0 Å². The molecule has 1 saturated heterocycles. The van der Waals surface area contributed by atoms with Crippen LogP contribution in [0.3, 0.4) is 0 Å². The molecular weight excluding hydrogens is 242 g/mol. The van der Waals surface area contributed by atoms with E-state index in [0.717, 1.165) is 31.7 Å². The molecule has 19 heavy (non-hydrogen) atoms. The predicted molar refractivity (Wildman–Crippen MR) is 74.3 cm³/mol. The third kappa shape index (κ3) is 3.67. The van der Waals surface area contributed by atoms with Gasteiger partial charge in [0.1, 0.15) is 11.9 Å². The highest BCUT2D eigenvalue weighted by molar-refractivity contribution is 5.73.